The van der Waals surface area contributed by atoms with Crippen LogP contribution < -0.4 is 25.9 Å². The molecule has 0 saturated carbocycles. The van der Waals surface area contributed by atoms with Crippen LogP contribution in [0.5, 0.6) is 0 Å². The molecule has 34 heavy (non-hydrogen) atoms. The summed E-state index contributed by atoms with van der Waals surface area (Å²) in [6, 6.07) is 38.9. The fourth-order valence-corrected chi connectivity index (χ4v) is 10.7. The Morgan fingerprint density at radius 3 is 1.62 bits per heavy atom. The minimum atomic E-state index is -2.49. The van der Waals surface area contributed by atoms with E-state index in [1.54, 1.807) is 6.92 Å². The number of hydrogen-bond acceptors (Lipinski definition) is 2. The Kier molecular flexibility index (Phi) is 5.85. The summed E-state index contributed by atoms with van der Waals surface area (Å²) in [5, 5.41) is 18.4. The third kappa shape index (κ3) is 3.48. The third-order valence-corrected chi connectivity index (χ3v) is 12.0. The van der Waals surface area contributed by atoms with Gasteiger partial charge in [0.1, 0.15) is 23.2 Å². The molecule has 3 nitrogen and oxygen atoms in total. The van der Waals surface area contributed by atoms with Gasteiger partial charge in [0.2, 0.25) is 5.91 Å². The van der Waals surface area contributed by atoms with Crippen LogP contribution in [0, 0.1) is 0 Å². The minimum absolute atomic E-state index is 0.0414. The first-order valence-electron chi connectivity index (χ1n) is 11.6. The van der Waals surface area contributed by atoms with Crippen molar-refractivity contribution in [1.29, 1.82) is 0 Å². The standard InChI is InChI=1S/C30H28NO2P/c1-23(32)31-22-29(30(2,33)27-20-12-13-21-28(27)31)34(24-14-6-3-7-15-24,25-16-8-4-9-17-25)26-18-10-5-11-19-26/h3-21,29H,22H2,1-2H3. The molecule has 1 heterocycles. The van der Waals surface area contributed by atoms with E-state index in [0.717, 1.165) is 21.6 Å². The van der Waals surface area contributed by atoms with Gasteiger partial charge in [0.05, 0.1) is 12.2 Å². The molecule has 5 rings (SSSR count). The fourth-order valence-electron chi connectivity index (χ4n) is 5.52. The Morgan fingerprint density at radius 2 is 1.18 bits per heavy atom. The summed E-state index contributed by atoms with van der Waals surface area (Å²) < 4.78 is 0. The Bertz CT molecular complexity index is 1190. The zero-order valence-corrected chi connectivity index (χ0v) is 20.4. The lowest BCUT2D eigenvalue weighted by Crippen LogP contribution is -2.62. The number of benzene rings is 4. The highest BCUT2D eigenvalue weighted by Crippen LogP contribution is 2.65. The van der Waals surface area contributed by atoms with Crippen molar-refractivity contribution < 1.29 is 9.90 Å². The second kappa shape index (κ2) is 8.83. The van der Waals surface area contributed by atoms with E-state index in [-0.39, 0.29) is 11.6 Å². The van der Waals surface area contributed by atoms with Gasteiger partial charge in [-0.15, -0.1) is 0 Å². The van der Waals surface area contributed by atoms with E-state index in [1.807, 2.05) is 54.3 Å². The smallest absolute Gasteiger partial charge is 0.224 e. The summed E-state index contributed by atoms with van der Waals surface area (Å²) in [6.07, 6.45) is 0. The number of fused-ring (bicyclic) bond motifs is 1. The molecule has 1 aliphatic rings. The second-order valence-corrected chi connectivity index (χ2v) is 12.6. The van der Waals surface area contributed by atoms with Crippen LogP contribution in [0.2, 0.25) is 0 Å². The largest absolute Gasteiger partial charge is 0.843 e. The number of nitrogens with zero attached hydrogens (tertiary/aromatic N) is 1. The molecule has 0 N–H and O–H groups in total. The molecule has 4 heteroatoms. The van der Waals surface area contributed by atoms with Crippen LogP contribution >= 0.6 is 7.26 Å². The van der Waals surface area contributed by atoms with Gasteiger partial charge in [-0.25, -0.2) is 0 Å². The Hall–Kier alpha value is -3.26. The van der Waals surface area contributed by atoms with Gasteiger partial charge in [-0.05, 0) is 53.6 Å². The van der Waals surface area contributed by atoms with Crippen LogP contribution in [0.4, 0.5) is 5.69 Å². The molecule has 0 radical (unpaired) electrons. The fraction of sp³-hybridized carbons (Fsp3) is 0.167. The van der Waals surface area contributed by atoms with E-state index in [2.05, 4.69) is 72.8 Å². The van der Waals surface area contributed by atoms with E-state index >= 15 is 0 Å². The van der Waals surface area contributed by atoms with Crippen LogP contribution in [0.25, 0.3) is 0 Å². The lowest BCUT2D eigenvalue weighted by molar-refractivity contribution is -0.481. The highest BCUT2D eigenvalue weighted by Gasteiger charge is 2.58. The van der Waals surface area contributed by atoms with Crippen molar-refractivity contribution in [2.24, 2.45) is 0 Å². The van der Waals surface area contributed by atoms with Gasteiger partial charge in [0.25, 0.3) is 0 Å². The lowest BCUT2D eigenvalue weighted by Gasteiger charge is -2.54. The molecule has 4 aromatic carbocycles. The lowest BCUT2D eigenvalue weighted by atomic mass is 9.86. The molecule has 2 atom stereocenters. The molecule has 2 unspecified atom stereocenters. The van der Waals surface area contributed by atoms with Gasteiger partial charge < -0.3 is 10.0 Å². The van der Waals surface area contributed by atoms with E-state index in [0.29, 0.717) is 12.1 Å². The number of rotatable bonds is 4. The first kappa shape index (κ1) is 22.5. The Morgan fingerprint density at radius 1 is 0.765 bits per heavy atom. The summed E-state index contributed by atoms with van der Waals surface area (Å²) >= 11 is 0. The van der Waals surface area contributed by atoms with Crippen LogP contribution in [-0.4, -0.2) is 18.1 Å². The summed E-state index contributed by atoms with van der Waals surface area (Å²) in [6.45, 7) is 3.78. The molecule has 170 valence electrons. The average Bonchev–Trinajstić information content (AvgIpc) is 2.87. The molecule has 0 fully saturated rings. The van der Waals surface area contributed by atoms with Gasteiger partial charge in [-0.3, -0.25) is 4.79 Å². The van der Waals surface area contributed by atoms with Crippen molar-refractivity contribution in [3.8, 4) is 0 Å². The quantitative estimate of drug-likeness (QED) is 0.428. The summed E-state index contributed by atoms with van der Waals surface area (Å²) in [7, 11) is -2.49. The summed E-state index contributed by atoms with van der Waals surface area (Å²) in [5.74, 6) is -0.0414. The van der Waals surface area contributed by atoms with Crippen molar-refractivity contribution in [2.75, 3.05) is 11.4 Å². The number of amides is 1. The van der Waals surface area contributed by atoms with Crippen molar-refractivity contribution in [2.45, 2.75) is 25.1 Å². The van der Waals surface area contributed by atoms with Crippen molar-refractivity contribution in [3.05, 3.63) is 121 Å². The normalized spacial score (nSPS) is 20.0. The number of hydrogen-bond donors (Lipinski definition) is 0. The van der Waals surface area contributed by atoms with Crippen molar-refractivity contribution in [3.63, 3.8) is 0 Å². The monoisotopic (exact) mass is 465 g/mol. The van der Waals surface area contributed by atoms with Crippen molar-refractivity contribution >= 4 is 34.8 Å². The minimum Gasteiger partial charge on any atom is -0.843 e. The van der Waals surface area contributed by atoms with Crippen LogP contribution in [0.3, 0.4) is 0 Å². The topological polar surface area (TPSA) is 43.4 Å². The van der Waals surface area contributed by atoms with E-state index in [4.69, 9.17) is 0 Å². The first-order chi connectivity index (χ1) is 16.5. The highest BCUT2D eigenvalue weighted by atomic mass is 31.2. The number of carbonyl (C=O) groups is 1. The predicted octanol–water partition coefficient (Wildman–Crippen LogP) is 3.99. The maximum Gasteiger partial charge on any atom is 0.224 e. The Labute approximate surface area is 202 Å². The third-order valence-electron chi connectivity index (χ3n) is 7.06. The van der Waals surface area contributed by atoms with Gasteiger partial charge in [-0.1, -0.05) is 79.7 Å². The predicted molar refractivity (Wildman–Crippen MR) is 141 cm³/mol. The molecule has 4 aromatic rings. The molecule has 0 spiro atoms. The molecular weight excluding hydrogens is 437 g/mol. The zero-order valence-electron chi connectivity index (χ0n) is 19.5. The van der Waals surface area contributed by atoms with Crippen LogP contribution in [0.1, 0.15) is 19.4 Å². The summed E-state index contributed by atoms with van der Waals surface area (Å²) in [4.78, 5) is 14.7. The SMILES string of the molecule is CC(=O)N1CC([P+](c2ccccc2)(c2ccccc2)c2ccccc2)C(C)([O-])c2ccccc21. The molecular formula is C30H28NO2P. The van der Waals surface area contributed by atoms with Gasteiger partial charge in [-0.2, -0.15) is 0 Å². The molecule has 0 saturated heterocycles. The molecule has 0 aromatic heterocycles. The molecule has 0 aliphatic carbocycles. The maximum atomic E-state index is 14.9. The molecule has 0 bridgehead atoms. The van der Waals surface area contributed by atoms with Gasteiger partial charge >= 0.3 is 0 Å². The average molecular weight is 466 g/mol. The second-order valence-electron chi connectivity index (χ2n) is 9.00. The number of carbonyl (C=O) groups excluding carboxylic acids is 1. The first-order valence-corrected chi connectivity index (χ1v) is 13.5. The van der Waals surface area contributed by atoms with Crippen LogP contribution in [-0.2, 0) is 10.4 Å². The summed E-state index contributed by atoms with van der Waals surface area (Å²) in [5.41, 5.74) is -0.339. The zero-order chi connectivity index (χ0) is 23.8. The van der Waals surface area contributed by atoms with Crippen LogP contribution in [0.15, 0.2) is 115 Å². The van der Waals surface area contributed by atoms with Gasteiger partial charge in [0, 0.05) is 12.6 Å². The maximum absolute atomic E-state index is 14.9. The Balaban J connectivity index is 1.89. The molecule has 1 amide bonds. The van der Waals surface area contributed by atoms with Crippen molar-refractivity contribution in [1.82, 2.24) is 0 Å². The molecule has 1 aliphatic heterocycles. The van der Waals surface area contributed by atoms with E-state index in [9.17, 15) is 9.90 Å². The number of para-hydroxylation sites is 1. The number of anilines is 1. The van der Waals surface area contributed by atoms with E-state index in [1.165, 1.54) is 0 Å². The van der Waals surface area contributed by atoms with Gasteiger partial charge in [0.15, 0.2) is 0 Å². The highest BCUT2D eigenvalue weighted by molar-refractivity contribution is 7.96. The van der Waals surface area contributed by atoms with E-state index < -0.39 is 12.9 Å².